The molecule has 9 nitrogen and oxygen atoms in total. The summed E-state index contributed by atoms with van der Waals surface area (Å²) in [5.74, 6) is -0.937. The Kier molecular flexibility index (Phi) is 11.2. The fourth-order valence-electron chi connectivity index (χ4n) is 3.73. The van der Waals surface area contributed by atoms with Crippen LogP contribution < -0.4 is 9.47 Å². The molecule has 0 aliphatic heterocycles. The summed E-state index contributed by atoms with van der Waals surface area (Å²) in [5, 5.41) is 10.8. The van der Waals surface area contributed by atoms with Crippen LogP contribution in [0, 0.1) is 10.1 Å². The zero-order valence-electron chi connectivity index (χ0n) is 21.8. The first kappa shape index (κ1) is 29.0. The summed E-state index contributed by atoms with van der Waals surface area (Å²) in [6.45, 7) is 2.62. The van der Waals surface area contributed by atoms with Crippen LogP contribution in [0.3, 0.4) is 0 Å². The number of non-ortho nitro benzene ring substituents is 1. The lowest BCUT2D eigenvalue weighted by atomic mass is 10.1. The number of aldehydes is 1. The van der Waals surface area contributed by atoms with Gasteiger partial charge in [-0.2, -0.15) is 0 Å². The van der Waals surface area contributed by atoms with E-state index in [0.717, 1.165) is 12.8 Å². The summed E-state index contributed by atoms with van der Waals surface area (Å²) >= 11 is 0. The third kappa shape index (κ3) is 9.07. The number of rotatable bonds is 15. The molecule has 0 N–H and O–H groups in total. The number of carbonyl (C=O) groups excluding carboxylic acids is 3. The Balaban J connectivity index is 1.59. The highest BCUT2D eigenvalue weighted by Crippen LogP contribution is 2.24. The van der Waals surface area contributed by atoms with Gasteiger partial charge in [-0.25, -0.2) is 9.59 Å². The van der Waals surface area contributed by atoms with E-state index in [9.17, 15) is 24.5 Å². The van der Waals surface area contributed by atoms with Crippen molar-refractivity contribution in [1.29, 1.82) is 0 Å². The number of benzene rings is 3. The van der Waals surface area contributed by atoms with Gasteiger partial charge in [-0.1, -0.05) is 39.0 Å². The van der Waals surface area contributed by atoms with Gasteiger partial charge in [0.25, 0.3) is 5.69 Å². The van der Waals surface area contributed by atoms with Crippen LogP contribution in [0.25, 0.3) is 0 Å². The number of nitrogens with zero attached hydrogens (tertiary/aromatic N) is 1. The van der Waals surface area contributed by atoms with Crippen molar-refractivity contribution < 1.29 is 33.5 Å². The molecule has 0 amide bonds. The van der Waals surface area contributed by atoms with Gasteiger partial charge in [-0.3, -0.25) is 14.9 Å². The minimum Gasteiger partial charge on any atom is -0.494 e. The molecule has 0 aliphatic rings. The van der Waals surface area contributed by atoms with Gasteiger partial charge in [0, 0.05) is 17.7 Å². The molecule has 9 heteroatoms. The summed E-state index contributed by atoms with van der Waals surface area (Å²) in [7, 11) is 0. The van der Waals surface area contributed by atoms with Crippen molar-refractivity contribution in [2.24, 2.45) is 0 Å². The number of nitro groups is 1. The van der Waals surface area contributed by atoms with Crippen molar-refractivity contribution >= 4 is 23.9 Å². The van der Waals surface area contributed by atoms with E-state index in [1.54, 1.807) is 24.3 Å². The molecule has 0 fully saturated rings. The topological polar surface area (TPSA) is 122 Å². The quantitative estimate of drug-likeness (QED) is 0.0527. The second-order valence-corrected chi connectivity index (χ2v) is 8.90. The van der Waals surface area contributed by atoms with Crippen LogP contribution in [0.15, 0.2) is 66.7 Å². The Hall–Kier alpha value is -4.53. The lowest BCUT2D eigenvalue weighted by Gasteiger charge is -2.11. The zero-order valence-corrected chi connectivity index (χ0v) is 21.8. The highest BCUT2D eigenvalue weighted by molar-refractivity contribution is 5.97. The predicted octanol–water partition coefficient (Wildman–Crippen LogP) is 6.72. The van der Waals surface area contributed by atoms with Gasteiger partial charge in [0.15, 0.2) is 0 Å². The maximum atomic E-state index is 12.8. The zero-order chi connectivity index (χ0) is 28.0. The van der Waals surface area contributed by atoms with Crippen LogP contribution in [0.1, 0.15) is 82.1 Å². The molecule has 3 aromatic carbocycles. The van der Waals surface area contributed by atoms with E-state index in [1.165, 1.54) is 68.1 Å². The van der Waals surface area contributed by atoms with E-state index in [2.05, 4.69) is 6.92 Å². The van der Waals surface area contributed by atoms with E-state index in [4.69, 9.17) is 14.2 Å². The third-order valence-electron chi connectivity index (χ3n) is 5.94. The Bertz CT molecular complexity index is 1270. The molecule has 3 aromatic rings. The van der Waals surface area contributed by atoms with Crippen molar-refractivity contribution in [2.75, 3.05) is 6.61 Å². The van der Waals surface area contributed by atoms with Gasteiger partial charge in [0.2, 0.25) is 0 Å². The van der Waals surface area contributed by atoms with E-state index < -0.39 is 16.9 Å². The first-order chi connectivity index (χ1) is 18.9. The highest BCUT2D eigenvalue weighted by Gasteiger charge is 2.19. The molecule has 39 heavy (non-hydrogen) atoms. The second kappa shape index (κ2) is 15.0. The van der Waals surface area contributed by atoms with E-state index in [1.807, 2.05) is 0 Å². The summed E-state index contributed by atoms with van der Waals surface area (Å²) in [5.41, 5.74) is 0.789. The molecule has 204 valence electrons. The number of nitro benzene ring substituents is 1. The molecule has 0 heterocycles. The van der Waals surface area contributed by atoms with Gasteiger partial charge >= 0.3 is 11.9 Å². The van der Waals surface area contributed by atoms with Crippen LogP contribution in [-0.2, 0) is 11.3 Å². The SMILES string of the molecule is CCCCCCCCOc1ccc(C(=O)Oc2ccc(C=O)cc2C(=O)OCc2ccc([N+](=O)[O-])cc2)cc1. The molecule has 0 saturated carbocycles. The van der Waals surface area contributed by atoms with Crippen LogP contribution in [0.2, 0.25) is 0 Å². The first-order valence-corrected chi connectivity index (χ1v) is 12.9. The Labute approximate surface area is 226 Å². The highest BCUT2D eigenvalue weighted by atomic mass is 16.6. The fourth-order valence-corrected chi connectivity index (χ4v) is 3.73. The molecule has 0 saturated heterocycles. The minimum absolute atomic E-state index is 0.0669. The molecule has 0 bridgehead atoms. The Morgan fingerprint density at radius 2 is 1.56 bits per heavy atom. The fraction of sp³-hybridized carbons (Fsp3) is 0.300. The van der Waals surface area contributed by atoms with Crippen LogP contribution >= 0.6 is 0 Å². The molecular formula is C30H31NO8. The normalized spacial score (nSPS) is 10.5. The summed E-state index contributed by atoms with van der Waals surface area (Å²) in [4.78, 5) is 47.1. The lowest BCUT2D eigenvalue weighted by Crippen LogP contribution is -2.13. The minimum atomic E-state index is -0.821. The number of esters is 2. The van der Waals surface area contributed by atoms with E-state index in [-0.39, 0.29) is 34.7 Å². The van der Waals surface area contributed by atoms with Gasteiger partial charge in [0.05, 0.1) is 17.1 Å². The average molecular weight is 534 g/mol. The second-order valence-electron chi connectivity index (χ2n) is 8.90. The molecular weight excluding hydrogens is 502 g/mol. The van der Waals surface area contributed by atoms with Gasteiger partial charge < -0.3 is 14.2 Å². The molecule has 0 unspecified atom stereocenters. The Morgan fingerprint density at radius 3 is 2.23 bits per heavy atom. The van der Waals surface area contributed by atoms with Gasteiger partial charge in [0.1, 0.15) is 30.0 Å². The van der Waals surface area contributed by atoms with Crippen molar-refractivity contribution in [1.82, 2.24) is 0 Å². The third-order valence-corrected chi connectivity index (χ3v) is 5.94. The number of hydrogen-bond donors (Lipinski definition) is 0. The molecule has 0 aromatic heterocycles. The first-order valence-electron chi connectivity index (χ1n) is 12.9. The van der Waals surface area contributed by atoms with Crippen LogP contribution in [-0.4, -0.2) is 29.8 Å². The average Bonchev–Trinajstić information content (AvgIpc) is 2.96. The molecule has 0 spiro atoms. The van der Waals surface area contributed by atoms with Crippen molar-refractivity contribution in [2.45, 2.75) is 52.1 Å². The summed E-state index contributed by atoms with van der Waals surface area (Å²) in [6, 6.07) is 16.1. The monoisotopic (exact) mass is 533 g/mol. The molecule has 0 radical (unpaired) electrons. The van der Waals surface area contributed by atoms with E-state index in [0.29, 0.717) is 24.2 Å². The maximum Gasteiger partial charge on any atom is 0.343 e. The van der Waals surface area contributed by atoms with Gasteiger partial charge in [-0.05, 0) is 66.6 Å². The largest absolute Gasteiger partial charge is 0.494 e. The summed E-state index contributed by atoms with van der Waals surface area (Å²) < 4.78 is 16.5. The Morgan fingerprint density at radius 1 is 0.872 bits per heavy atom. The van der Waals surface area contributed by atoms with Crippen LogP contribution in [0.5, 0.6) is 11.5 Å². The lowest BCUT2D eigenvalue weighted by molar-refractivity contribution is -0.384. The molecule has 0 atom stereocenters. The summed E-state index contributed by atoms with van der Waals surface area (Å²) in [6.07, 6.45) is 7.55. The van der Waals surface area contributed by atoms with Crippen LogP contribution in [0.4, 0.5) is 5.69 Å². The van der Waals surface area contributed by atoms with Crippen molar-refractivity contribution in [3.8, 4) is 11.5 Å². The number of hydrogen-bond acceptors (Lipinski definition) is 8. The number of ether oxygens (including phenoxy) is 3. The maximum absolute atomic E-state index is 12.8. The smallest absolute Gasteiger partial charge is 0.343 e. The van der Waals surface area contributed by atoms with Crippen molar-refractivity contribution in [3.63, 3.8) is 0 Å². The number of unbranched alkanes of at least 4 members (excludes halogenated alkanes) is 5. The number of carbonyl (C=O) groups is 3. The molecule has 3 rings (SSSR count). The van der Waals surface area contributed by atoms with Crippen molar-refractivity contribution in [3.05, 3.63) is 99.1 Å². The molecule has 0 aliphatic carbocycles. The standard InChI is InChI=1S/C30H31NO8/c1-2-3-4-5-6-7-18-37-26-15-11-24(12-16-26)29(33)39-28-17-10-23(20-32)19-27(28)30(34)38-21-22-8-13-25(14-9-22)31(35)36/h8-17,19-20H,2-7,18,21H2,1H3. The van der Waals surface area contributed by atoms with E-state index >= 15 is 0 Å². The van der Waals surface area contributed by atoms with Gasteiger partial charge in [-0.15, -0.1) is 0 Å². The predicted molar refractivity (Wildman–Crippen MR) is 144 cm³/mol.